The Morgan fingerprint density at radius 1 is 1.27 bits per heavy atom. The van der Waals surface area contributed by atoms with E-state index in [1.54, 1.807) is 41.8 Å². The highest BCUT2D eigenvalue weighted by Crippen LogP contribution is 2.14. The third-order valence-corrected chi connectivity index (χ3v) is 4.75. The van der Waals surface area contributed by atoms with Crippen molar-refractivity contribution in [3.05, 3.63) is 71.5 Å². The summed E-state index contributed by atoms with van der Waals surface area (Å²) in [5.74, 6) is 1.39. The summed E-state index contributed by atoms with van der Waals surface area (Å²) in [5, 5.41) is 4.86. The maximum atomic E-state index is 12.3. The summed E-state index contributed by atoms with van der Waals surface area (Å²) in [6, 6.07) is 7.05. The van der Waals surface area contributed by atoms with Gasteiger partial charge in [-0.05, 0) is 24.3 Å². The van der Waals surface area contributed by atoms with E-state index in [2.05, 4.69) is 15.3 Å². The van der Waals surface area contributed by atoms with Crippen molar-refractivity contribution in [2.45, 2.75) is 13.2 Å². The lowest BCUT2D eigenvalue weighted by Gasteiger charge is -2.07. The van der Waals surface area contributed by atoms with E-state index in [0.29, 0.717) is 24.5 Å². The highest BCUT2D eigenvalue weighted by molar-refractivity contribution is 7.15. The topological polar surface area (TPSA) is 73.5 Å². The lowest BCUT2D eigenvalue weighted by Crippen LogP contribution is -2.22. The van der Waals surface area contributed by atoms with Gasteiger partial charge in [0.1, 0.15) is 18.2 Å². The molecule has 3 aromatic heterocycles. The molecule has 26 heavy (non-hydrogen) atoms. The van der Waals surface area contributed by atoms with Crippen LogP contribution in [0.1, 0.15) is 21.9 Å². The van der Waals surface area contributed by atoms with Crippen LogP contribution in [-0.2, 0) is 20.2 Å². The quantitative estimate of drug-likeness (QED) is 0.569. The molecule has 0 aliphatic carbocycles. The van der Waals surface area contributed by atoms with Crippen LogP contribution < -0.4 is 10.1 Å². The first-order valence-corrected chi connectivity index (χ1v) is 8.95. The van der Waals surface area contributed by atoms with E-state index in [1.165, 1.54) is 0 Å². The summed E-state index contributed by atoms with van der Waals surface area (Å²) in [4.78, 5) is 21.9. The molecule has 0 aliphatic rings. The highest BCUT2D eigenvalue weighted by Gasteiger charge is 2.08. The Bertz CT molecular complexity index is 1000. The first-order valence-electron chi connectivity index (χ1n) is 8.07. The minimum atomic E-state index is -0.142. The van der Waals surface area contributed by atoms with E-state index in [1.807, 2.05) is 40.0 Å². The van der Waals surface area contributed by atoms with Crippen LogP contribution in [0.4, 0.5) is 0 Å². The van der Waals surface area contributed by atoms with Gasteiger partial charge >= 0.3 is 0 Å². The lowest BCUT2D eigenvalue weighted by molar-refractivity contribution is 0.0950. The number of rotatable bonds is 6. The summed E-state index contributed by atoms with van der Waals surface area (Å²) in [5.41, 5.74) is 1.41. The van der Waals surface area contributed by atoms with Crippen LogP contribution in [0.5, 0.6) is 5.75 Å². The average Bonchev–Trinajstić information content (AvgIpc) is 3.34. The fraction of sp³-hybridized carbons (Fsp3) is 0.167. The van der Waals surface area contributed by atoms with Gasteiger partial charge in [-0.25, -0.2) is 9.97 Å². The highest BCUT2D eigenvalue weighted by atomic mass is 32.1. The van der Waals surface area contributed by atoms with E-state index in [9.17, 15) is 4.79 Å². The van der Waals surface area contributed by atoms with Gasteiger partial charge in [-0.2, -0.15) is 0 Å². The Morgan fingerprint density at radius 3 is 2.85 bits per heavy atom. The van der Waals surface area contributed by atoms with Crippen LogP contribution in [0.15, 0.2) is 54.4 Å². The molecule has 0 saturated carbocycles. The molecule has 3 heterocycles. The number of hydrogen-bond donors (Lipinski definition) is 1. The van der Waals surface area contributed by atoms with Crippen molar-refractivity contribution in [3.63, 3.8) is 0 Å². The third kappa shape index (κ3) is 3.45. The number of carbonyl (C=O) groups excluding carboxylic acids is 1. The van der Waals surface area contributed by atoms with Gasteiger partial charge in [0.15, 0.2) is 4.96 Å². The first-order chi connectivity index (χ1) is 12.7. The van der Waals surface area contributed by atoms with E-state index in [0.717, 1.165) is 16.5 Å². The normalized spacial score (nSPS) is 11.0. The Labute approximate surface area is 153 Å². The van der Waals surface area contributed by atoms with Gasteiger partial charge < -0.3 is 14.6 Å². The molecule has 4 aromatic rings. The number of nitrogens with one attached hydrogen (secondary N) is 1. The van der Waals surface area contributed by atoms with Crippen LogP contribution >= 0.6 is 11.3 Å². The molecule has 4 rings (SSSR count). The Hall–Kier alpha value is -3.13. The predicted octanol–water partition coefficient (Wildman–Crippen LogP) is 2.64. The van der Waals surface area contributed by atoms with Crippen molar-refractivity contribution in [1.29, 1.82) is 0 Å². The van der Waals surface area contributed by atoms with Crippen molar-refractivity contribution in [1.82, 2.24) is 24.3 Å². The number of aromatic nitrogens is 4. The summed E-state index contributed by atoms with van der Waals surface area (Å²) >= 11 is 1.56. The van der Waals surface area contributed by atoms with E-state index in [4.69, 9.17) is 4.74 Å². The van der Waals surface area contributed by atoms with Crippen LogP contribution in [0.3, 0.4) is 0 Å². The summed E-state index contributed by atoms with van der Waals surface area (Å²) in [7, 11) is 1.92. The second-order valence-corrected chi connectivity index (χ2v) is 6.65. The van der Waals surface area contributed by atoms with E-state index < -0.39 is 0 Å². The predicted molar refractivity (Wildman–Crippen MR) is 98.2 cm³/mol. The van der Waals surface area contributed by atoms with Crippen molar-refractivity contribution in [3.8, 4) is 5.75 Å². The van der Waals surface area contributed by atoms with Gasteiger partial charge in [-0.1, -0.05) is 0 Å². The number of imidazole rings is 2. The molecule has 132 valence electrons. The maximum absolute atomic E-state index is 12.3. The molecule has 0 aliphatic heterocycles. The molecule has 1 amide bonds. The molecule has 0 bridgehead atoms. The van der Waals surface area contributed by atoms with Gasteiger partial charge in [0.25, 0.3) is 5.91 Å². The summed E-state index contributed by atoms with van der Waals surface area (Å²) < 4.78 is 9.54. The van der Waals surface area contributed by atoms with Gasteiger partial charge in [0.05, 0.1) is 12.2 Å². The molecule has 8 heteroatoms. The van der Waals surface area contributed by atoms with Gasteiger partial charge in [-0.15, -0.1) is 11.3 Å². The van der Waals surface area contributed by atoms with Gasteiger partial charge in [0, 0.05) is 42.8 Å². The van der Waals surface area contributed by atoms with Crippen LogP contribution in [0.25, 0.3) is 4.96 Å². The van der Waals surface area contributed by atoms with Crippen molar-refractivity contribution in [2.24, 2.45) is 7.05 Å². The lowest BCUT2D eigenvalue weighted by atomic mass is 10.2. The first kappa shape index (κ1) is 16.3. The maximum Gasteiger partial charge on any atom is 0.251 e. The Kier molecular flexibility index (Phi) is 4.40. The minimum absolute atomic E-state index is 0.142. The molecule has 1 N–H and O–H groups in total. The minimum Gasteiger partial charge on any atom is -0.486 e. The van der Waals surface area contributed by atoms with E-state index >= 15 is 0 Å². The zero-order chi connectivity index (χ0) is 17.9. The Morgan fingerprint density at radius 2 is 2.12 bits per heavy atom. The molecular weight excluding hydrogens is 350 g/mol. The number of benzene rings is 1. The van der Waals surface area contributed by atoms with Crippen LogP contribution in [0, 0.1) is 0 Å². The number of nitrogens with zero attached hydrogens (tertiary/aromatic N) is 4. The number of ether oxygens (including phenoxy) is 1. The third-order valence-electron chi connectivity index (χ3n) is 3.98. The number of fused-ring (bicyclic) bond motifs is 1. The van der Waals surface area contributed by atoms with Gasteiger partial charge in [0.2, 0.25) is 0 Å². The molecule has 0 saturated heterocycles. The number of carbonyl (C=O) groups is 1. The largest absolute Gasteiger partial charge is 0.486 e. The van der Waals surface area contributed by atoms with Crippen LogP contribution in [0.2, 0.25) is 0 Å². The Balaban J connectivity index is 1.33. The monoisotopic (exact) mass is 367 g/mol. The average molecular weight is 367 g/mol. The zero-order valence-electron chi connectivity index (χ0n) is 14.1. The van der Waals surface area contributed by atoms with Crippen LogP contribution in [-0.4, -0.2) is 24.8 Å². The second kappa shape index (κ2) is 7.01. The molecule has 0 radical (unpaired) electrons. The standard InChI is InChI=1S/C18H17N5O2S/c1-22-7-6-19-16(22)12-25-15-4-2-13(3-5-15)17(24)20-10-14-11-23-8-9-26-18(23)21-14/h2-9,11H,10,12H2,1H3,(H,20,24). The van der Waals surface area contributed by atoms with Crippen molar-refractivity contribution >= 4 is 22.2 Å². The number of thiazole rings is 1. The van der Waals surface area contributed by atoms with Gasteiger partial charge in [-0.3, -0.25) is 9.20 Å². The molecule has 0 atom stereocenters. The molecule has 1 aromatic carbocycles. The molecule has 0 spiro atoms. The molecule has 0 fully saturated rings. The second-order valence-electron chi connectivity index (χ2n) is 5.78. The summed E-state index contributed by atoms with van der Waals surface area (Å²) in [6.45, 7) is 0.775. The summed E-state index contributed by atoms with van der Waals surface area (Å²) in [6.07, 6.45) is 7.47. The number of amides is 1. The SMILES string of the molecule is Cn1ccnc1COc1ccc(C(=O)NCc2cn3ccsc3n2)cc1. The van der Waals surface area contributed by atoms with E-state index in [-0.39, 0.29) is 5.91 Å². The number of hydrogen-bond acceptors (Lipinski definition) is 5. The number of aryl methyl sites for hydroxylation is 1. The van der Waals surface area contributed by atoms with Crippen molar-refractivity contribution < 1.29 is 9.53 Å². The fourth-order valence-corrected chi connectivity index (χ4v) is 3.24. The molecular formula is C18H17N5O2S. The molecule has 0 unspecified atom stereocenters. The molecule has 7 nitrogen and oxygen atoms in total. The zero-order valence-corrected chi connectivity index (χ0v) is 14.9. The fourth-order valence-electron chi connectivity index (χ4n) is 2.52. The van der Waals surface area contributed by atoms with Crippen molar-refractivity contribution in [2.75, 3.05) is 0 Å². The smallest absolute Gasteiger partial charge is 0.251 e.